The first-order chi connectivity index (χ1) is 7.22. The molecule has 0 amide bonds. The van der Waals surface area contributed by atoms with Gasteiger partial charge in [-0.2, -0.15) is 0 Å². The third-order valence-corrected chi connectivity index (χ3v) is 3.50. The fourth-order valence-corrected chi connectivity index (χ4v) is 2.66. The van der Waals surface area contributed by atoms with Crippen molar-refractivity contribution in [3.63, 3.8) is 0 Å². The van der Waals surface area contributed by atoms with Crippen LogP contribution in [-0.4, -0.2) is 12.6 Å². The second kappa shape index (κ2) is 7.05. The first-order valence-corrected chi connectivity index (χ1v) is 6.60. The van der Waals surface area contributed by atoms with Crippen molar-refractivity contribution in [2.45, 2.75) is 64.8 Å². The van der Waals surface area contributed by atoms with Crippen LogP contribution < -0.4 is 5.32 Å². The highest BCUT2D eigenvalue weighted by atomic mass is 14.9. The minimum absolute atomic E-state index is 0.731. The van der Waals surface area contributed by atoms with Crippen molar-refractivity contribution in [2.24, 2.45) is 5.92 Å². The van der Waals surface area contributed by atoms with Crippen LogP contribution in [0.3, 0.4) is 0 Å². The molecule has 1 saturated carbocycles. The Kier molecular flexibility index (Phi) is 6.00. The molecular formula is C14H27N. The van der Waals surface area contributed by atoms with E-state index in [9.17, 15) is 0 Å². The molecule has 0 heterocycles. The highest BCUT2D eigenvalue weighted by Gasteiger charge is 2.19. The van der Waals surface area contributed by atoms with E-state index in [4.69, 9.17) is 0 Å². The predicted octanol–water partition coefficient (Wildman–Crippen LogP) is 3.90. The van der Waals surface area contributed by atoms with Gasteiger partial charge in [0.1, 0.15) is 0 Å². The Bertz CT molecular complexity index is 180. The van der Waals surface area contributed by atoms with E-state index in [-0.39, 0.29) is 0 Å². The first kappa shape index (κ1) is 12.8. The molecule has 0 spiro atoms. The van der Waals surface area contributed by atoms with Crippen LogP contribution in [0.2, 0.25) is 0 Å². The summed E-state index contributed by atoms with van der Waals surface area (Å²) in [6.45, 7) is 9.44. The standard InChI is InChI=1S/C14H27N/c1-4-15-14(10-9-12(2)3)11-13-7-5-6-8-13/h13-15H,2,4-11H2,1,3H3. The van der Waals surface area contributed by atoms with Crippen LogP contribution in [0, 0.1) is 5.92 Å². The second-order valence-corrected chi connectivity index (χ2v) is 5.14. The quantitative estimate of drug-likeness (QED) is 0.627. The third kappa shape index (κ3) is 5.36. The van der Waals surface area contributed by atoms with E-state index in [0.29, 0.717) is 0 Å². The largest absolute Gasteiger partial charge is 0.314 e. The number of hydrogen-bond acceptors (Lipinski definition) is 1. The Morgan fingerprint density at radius 2 is 2.07 bits per heavy atom. The van der Waals surface area contributed by atoms with Crippen molar-refractivity contribution < 1.29 is 0 Å². The maximum Gasteiger partial charge on any atom is 0.00726 e. The lowest BCUT2D eigenvalue weighted by Crippen LogP contribution is -2.30. The average Bonchev–Trinajstić information content (AvgIpc) is 2.67. The molecule has 1 fully saturated rings. The van der Waals surface area contributed by atoms with Gasteiger partial charge in [0, 0.05) is 6.04 Å². The van der Waals surface area contributed by atoms with Crippen molar-refractivity contribution in [1.29, 1.82) is 0 Å². The number of allylic oxidation sites excluding steroid dienone is 1. The average molecular weight is 209 g/mol. The van der Waals surface area contributed by atoms with E-state index in [1.54, 1.807) is 0 Å². The molecule has 1 nitrogen and oxygen atoms in total. The van der Waals surface area contributed by atoms with Gasteiger partial charge < -0.3 is 5.32 Å². The van der Waals surface area contributed by atoms with Crippen molar-refractivity contribution in [3.05, 3.63) is 12.2 Å². The normalized spacial score (nSPS) is 19.3. The number of hydrogen-bond donors (Lipinski definition) is 1. The van der Waals surface area contributed by atoms with Crippen LogP contribution in [0.4, 0.5) is 0 Å². The fourth-order valence-electron chi connectivity index (χ4n) is 2.66. The molecule has 1 atom stereocenters. The zero-order chi connectivity index (χ0) is 11.1. The lowest BCUT2D eigenvalue weighted by molar-refractivity contribution is 0.376. The van der Waals surface area contributed by atoms with Gasteiger partial charge in [-0.3, -0.25) is 0 Å². The smallest absolute Gasteiger partial charge is 0.00726 e. The Hall–Kier alpha value is -0.300. The van der Waals surface area contributed by atoms with Gasteiger partial charge in [-0.15, -0.1) is 6.58 Å². The summed E-state index contributed by atoms with van der Waals surface area (Å²) in [5.41, 5.74) is 1.32. The molecule has 0 aromatic carbocycles. The lowest BCUT2D eigenvalue weighted by Gasteiger charge is -2.21. The van der Waals surface area contributed by atoms with Crippen LogP contribution in [-0.2, 0) is 0 Å². The first-order valence-electron chi connectivity index (χ1n) is 6.60. The van der Waals surface area contributed by atoms with Crippen LogP contribution in [0.15, 0.2) is 12.2 Å². The molecule has 0 aromatic heterocycles. The molecule has 88 valence electrons. The van der Waals surface area contributed by atoms with E-state index in [0.717, 1.165) is 18.5 Å². The van der Waals surface area contributed by atoms with Crippen LogP contribution in [0.25, 0.3) is 0 Å². The van der Waals surface area contributed by atoms with Crippen LogP contribution >= 0.6 is 0 Å². The predicted molar refractivity (Wildman–Crippen MR) is 68.1 cm³/mol. The monoisotopic (exact) mass is 209 g/mol. The molecule has 0 radical (unpaired) electrons. The van der Waals surface area contributed by atoms with Gasteiger partial charge in [0.25, 0.3) is 0 Å². The summed E-state index contributed by atoms with van der Waals surface area (Å²) in [5, 5.41) is 3.62. The van der Waals surface area contributed by atoms with Crippen molar-refractivity contribution in [3.8, 4) is 0 Å². The Morgan fingerprint density at radius 1 is 1.40 bits per heavy atom. The maximum atomic E-state index is 3.99. The summed E-state index contributed by atoms with van der Waals surface area (Å²) in [5.74, 6) is 0.999. The van der Waals surface area contributed by atoms with Gasteiger partial charge in [0.05, 0.1) is 0 Å². The van der Waals surface area contributed by atoms with Crippen molar-refractivity contribution in [2.75, 3.05) is 6.54 Å². The zero-order valence-electron chi connectivity index (χ0n) is 10.5. The molecule has 1 heteroatoms. The Labute approximate surface area is 95.3 Å². The van der Waals surface area contributed by atoms with Crippen molar-refractivity contribution >= 4 is 0 Å². The Morgan fingerprint density at radius 3 is 2.60 bits per heavy atom. The summed E-state index contributed by atoms with van der Waals surface area (Å²) >= 11 is 0. The van der Waals surface area contributed by atoms with Gasteiger partial charge in [-0.25, -0.2) is 0 Å². The fraction of sp³-hybridized carbons (Fsp3) is 0.857. The Balaban J connectivity index is 2.25. The molecule has 0 aromatic rings. The highest BCUT2D eigenvalue weighted by molar-refractivity contribution is 4.89. The van der Waals surface area contributed by atoms with E-state index in [1.807, 2.05) is 0 Å². The molecule has 0 saturated heterocycles. The van der Waals surface area contributed by atoms with E-state index < -0.39 is 0 Å². The van der Waals surface area contributed by atoms with Crippen molar-refractivity contribution in [1.82, 2.24) is 5.32 Å². The molecule has 0 aliphatic heterocycles. The minimum Gasteiger partial charge on any atom is -0.314 e. The molecule has 1 aliphatic carbocycles. The van der Waals surface area contributed by atoms with Gasteiger partial charge in [0.2, 0.25) is 0 Å². The lowest BCUT2D eigenvalue weighted by atomic mass is 9.94. The summed E-state index contributed by atoms with van der Waals surface area (Å²) in [4.78, 5) is 0. The number of nitrogens with one attached hydrogen (secondary N) is 1. The zero-order valence-corrected chi connectivity index (χ0v) is 10.5. The van der Waals surface area contributed by atoms with E-state index in [1.165, 1.54) is 50.5 Å². The number of rotatable bonds is 7. The van der Waals surface area contributed by atoms with Gasteiger partial charge >= 0.3 is 0 Å². The molecular weight excluding hydrogens is 182 g/mol. The van der Waals surface area contributed by atoms with E-state index in [2.05, 4.69) is 25.7 Å². The van der Waals surface area contributed by atoms with Crippen LogP contribution in [0.1, 0.15) is 58.8 Å². The highest BCUT2D eigenvalue weighted by Crippen LogP contribution is 2.29. The summed E-state index contributed by atoms with van der Waals surface area (Å²) in [6, 6.07) is 0.731. The second-order valence-electron chi connectivity index (χ2n) is 5.14. The minimum atomic E-state index is 0.731. The SMILES string of the molecule is C=C(C)CCC(CC1CCCC1)NCC. The molecule has 1 unspecified atom stereocenters. The molecule has 0 bridgehead atoms. The summed E-state index contributed by atoms with van der Waals surface area (Å²) in [6.07, 6.45) is 9.71. The summed E-state index contributed by atoms with van der Waals surface area (Å²) < 4.78 is 0. The maximum absolute atomic E-state index is 3.99. The van der Waals surface area contributed by atoms with Gasteiger partial charge in [-0.1, -0.05) is 38.2 Å². The summed E-state index contributed by atoms with van der Waals surface area (Å²) in [7, 11) is 0. The van der Waals surface area contributed by atoms with Crippen LogP contribution in [0.5, 0.6) is 0 Å². The topological polar surface area (TPSA) is 12.0 Å². The van der Waals surface area contributed by atoms with E-state index >= 15 is 0 Å². The molecule has 15 heavy (non-hydrogen) atoms. The molecule has 1 aliphatic rings. The third-order valence-electron chi connectivity index (χ3n) is 3.50. The van der Waals surface area contributed by atoms with Gasteiger partial charge in [0.15, 0.2) is 0 Å². The molecule has 1 rings (SSSR count). The van der Waals surface area contributed by atoms with Gasteiger partial charge in [-0.05, 0) is 38.6 Å². The molecule has 1 N–H and O–H groups in total.